The van der Waals surface area contributed by atoms with Gasteiger partial charge < -0.3 is 21.9 Å². The Morgan fingerprint density at radius 2 is 1.83 bits per heavy atom. The lowest BCUT2D eigenvalue weighted by Gasteiger charge is -2.04. The number of hydrogen-bond donors (Lipinski definition) is 3. The van der Waals surface area contributed by atoms with Gasteiger partial charge in [-0.3, -0.25) is 0 Å². The van der Waals surface area contributed by atoms with Crippen LogP contribution < -0.4 is 17.2 Å². The minimum atomic E-state index is 0.158. The van der Waals surface area contributed by atoms with Crippen molar-refractivity contribution in [3.63, 3.8) is 0 Å². The van der Waals surface area contributed by atoms with Crippen LogP contribution in [-0.4, -0.2) is 13.2 Å². The van der Waals surface area contributed by atoms with Gasteiger partial charge in [0.25, 0.3) is 0 Å². The molecule has 0 aliphatic rings. The van der Waals surface area contributed by atoms with E-state index in [2.05, 4.69) is 6.92 Å². The second-order valence-corrected chi connectivity index (χ2v) is 2.74. The first-order valence-electron chi connectivity index (χ1n) is 4.25. The fraction of sp³-hybridized carbons (Fsp3) is 0.750. The average molecular weight is 173 g/mol. The average Bonchev–Trinajstić information content (AvgIpc) is 2.03. The lowest BCUT2D eigenvalue weighted by molar-refractivity contribution is 0.150. The molecule has 0 saturated heterocycles. The molecule has 0 spiro atoms. The molecule has 0 rings (SSSR count). The van der Waals surface area contributed by atoms with Crippen molar-refractivity contribution in [3.05, 3.63) is 11.5 Å². The molecule has 0 aromatic rings. The summed E-state index contributed by atoms with van der Waals surface area (Å²) >= 11 is 0. The van der Waals surface area contributed by atoms with Crippen molar-refractivity contribution in [1.29, 1.82) is 0 Å². The first kappa shape index (κ1) is 11.1. The topological polar surface area (TPSA) is 87.3 Å². The van der Waals surface area contributed by atoms with Gasteiger partial charge in [0.2, 0.25) is 0 Å². The van der Waals surface area contributed by atoms with Crippen LogP contribution in [0.2, 0.25) is 0 Å². The molecule has 12 heavy (non-hydrogen) atoms. The normalized spacial score (nSPS) is 9.75. The van der Waals surface area contributed by atoms with E-state index in [1.165, 1.54) is 12.8 Å². The Hall–Kier alpha value is -0.900. The molecule has 0 amide bonds. The number of unbranched alkanes of at least 4 members (excludes halogenated alkanes) is 2. The molecule has 0 heterocycles. The van der Waals surface area contributed by atoms with Gasteiger partial charge in [0.1, 0.15) is 5.82 Å². The minimum Gasteiger partial charge on any atom is -0.397 e. The highest BCUT2D eigenvalue weighted by Gasteiger charge is 1.94. The van der Waals surface area contributed by atoms with Gasteiger partial charge in [0, 0.05) is 6.61 Å². The second kappa shape index (κ2) is 6.79. The second-order valence-electron chi connectivity index (χ2n) is 2.74. The lowest BCUT2D eigenvalue weighted by Crippen LogP contribution is -2.20. The van der Waals surface area contributed by atoms with E-state index in [1.54, 1.807) is 0 Å². The predicted molar refractivity (Wildman–Crippen MR) is 49.9 cm³/mol. The van der Waals surface area contributed by atoms with Gasteiger partial charge in [-0.1, -0.05) is 19.8 Å². The van der Waals surface area contributed by atoms with Gasteiger partial charge in [-0.05, 0) is 6.42 Å². The van der Waals surface area contributed by atoms with Gasteiger partial charge in [0.05, 0.1) is 12.3 Å². The van der Waals surface area contributed by atoms with E-state index in [0.717, 1.165) is 13.0 Å². The summed E-state index contributed by atoms with van der Waals surface area (Å²) in [5.74, 6) is 0.158. The maximum absolute atomic E-state index is 5.44. The molecule has 72 valence electrons. The Bertz CT molecular complexity index is 141. The Labute approximate surface area is 73.7 Å². The summed E-state index contributed by atoms with van der Waals surface area (Å²) in [7, 11) is 0. The summed E-state index contributed by atoms with van der Waals surface area (Å²) in [6, 6.07) is 0. The molecule has 0 fully saturated rings. The fourth-order valence-electron chi connectivity index (χ4n) is 0.720. The molecule has 0 aromatic carbocycles. The highest BCUT2D eigenvalue weighted by Crippen LogP contribution is 1.95. The number of ether oxygens (including phenoxy) is 1. The van der Waals surface area contributed by atoms with E-state index in [9.17, 15) is 0 Å². The van der Waals surface area contributed by atoms with Crippen molar-refractivity contribution in [2.75, 3.05) is 13.2 Å². The standard InChI is InChI=1S/C8H19N3O/c1-2-3-4-5-12-6-7(9)8(10)11/h2-6,9-11H2,1H3. The highest BCUT2D eigenvalue weighted by atomic mass is 16.5. The molecule has 6 N–H and O–H groups in total. The van der Waals surface area contributed by atoms with Crippen LogP contribution in [0.5, 0.6) is 0 Å². The maximum Gasteiger partial charge on any atom is 0.115 e. The molecule has 0 aliphatic heterocycles. The monoisotopic (exact) mass is 173 g/mol. The summed E-state index contributed by atoms with van der Waals surface area (Å²) in [4.78, 5) is 0. The zero-order chi connectivity index (χ0) is 9.40. The third kappa shape index (κ3) is 5.85. The molecule has 0 atom stereocenters. The number of rotatable bonds is 6. The quantitative estimate of drug-likeness (QED) is 0.502. The van der Waals surface area contributed by atoms with Gasteiger partial charge in [0.15, 0.2) is 0 Å². The van der Waals surface area contributed by atoms with Crippen LogP contribution in [-0.2, 0) is 4.74 Å². The van der Waals surface area contributed by atoms with Crippen LogP contribution in [0.4, 0.5) is 0 Å². The minimum absolute atomic E-state index is 0.158. The highest BCUT2D eigenvalue weighted by molar-refractivity contribution is 5.02. The molecular weight excluding hydrogens is 154 g/mol. The van der Waals surface area contributed by atoms with Crippen molar-refractivity contribution in [2.24, 2.45) is 17.2 Å². The van der Waals surface area contributed by atoms with Crippen LogP contribution in [0.15, 0.2) is 11.5 Å². The van der Waals surface area contributed by atoms with E-state index in [4.69, 9.17) is 21.9 Å². The third-order valence-corrected chi connectivity index (χ3v) is 1.52. The summed E-state index contributed by atoms with van der Waals surface area (Å²) in [5.41, 5.74) is 16.3. The summed E-state index contributed by atoms with van der Waals surface area (Å²) in [6.45, 7) is 3.21. The van der Waals surface area contributed by atoms with Gasteiger partial charge in [-0.2, -0.15) is 0 Å². The molecule has 4 nitrogen and oxygen atoms in total. The largest absolute Gasteiger partial charge is 0.397 e. The van der Waals surface area contributed by atoms with Crippen molar-refractivity contribution >= 4 is 0 Å². The zero-order valence-corrected chi connectivity index (χ0v) is 7.68. The van der Waals surface area contributed by atoms with Gasteiger partial charge in [-0.15, -0.1) is 0 Å². The predicted octanol–water partition coefficient (Wildman–Crippen LogP) is 0.238. The Balaban J connectivity index is 3.26. The number of hydrogen-bond acceptors (Lipinski definition) is 4. The molecule has 0 radical (unpaired) electrons. The fourth-order valence-corrected chi connectivity index (χ4v) is 0.720. The van der Waals surface area contributed by atoms with Crippen LogP contribution in [0.3, 0.4) is 0 Å². The van der Waals surface area contributed by atoms with Crippen LogP contribution in [0.25, 0.3) is 0 Å². The Morgan fingerprint density at radius 3 is 2.33 bits per heavy atom. The van der Waals surface area contributed by atoms with Crippen LogP contribution >= 0.6 is 0 Å². The van der Waals surface area contributed by atoms with Crippen molar-refractivity contribution in [1.82, 2.24) is 0 Å². The van der Waals surface area contributed by atoms with E-state index in [0.29, 0.717) is 12.3 Å². The third-order valence-electron chi connectivity index (χ3n) is 1.52. The SMILES string of the molecule is CCCCCOCC(N)=C(N)N. The van der Waals surface area contributed by atoms with Crippen LogP contribution in [0, 0.1) is 0 Å². The first-order valence-corrected chi connectivity index (χ1v) is 4.25. The van der Waals surface area contributed by atoms with Crippen molar-refractivity contribution in [2.45, 2.75) is 26.2 Å². The summed E-state index contributed by atoms with van der Waals surface area (Å²) in [5, 5.41) is 0. The smallest absolute Gasteiger partial charge is 0.115 e. The number of nitrogens with two attached hydrogens (primary N) is 3. The van der Waals surface area contributed by atoms with Gasteiger partial charge in [-0.25, -0.2) is 0 Å². The molecular formula is C8H19N3O. The summed E-state index contributed by atoms with van der Waals surface area (Å²) < 4.78 is 5.22. The van der Waals surface area contributed by atoms with E-state index in [1.807, 2.05) is 0 Å². The first-order chi connectivity index (χ1) is 5.68. The van der Waals surface area contributed by atoms with Crippen molar-refractivity contribution < 1.29 is 4.74 Å². The Kier molecular flexibility index (Phi) is 6.28. The van der Waals surface area contributed by atoms with E-state index >= 15 is 0 Å². The van der Waals surface area contributed by atoms with E-state index < -0.39 is 0 Å². The van der Waals surface area contributed by atoms with E-state index in [-0.39, 0.29) is 5.82 Å². The maximum atomic E-state index is 5.44. The van der Waals surface area contributed by atoms with Crippen molar-refractivity contribution in [3.8, 4) is 0 Å². The zero-order valence-electron chi connectivity index (χ0n) is 7.68. The Morgan fingerprint density at radius 1 is 1.17 bits per heavy atom. The molecule has 4 heteroatoms. The molecule has 0 bridgehead atoms. The molecule has 0 saturated carbocycles. The molecule has 0 aromatic heterocycles. The molecule has 0 aliphatic carbocycles. The van der Waals surface area contributed by atoms with Gasteiger partial charge >= 0.3 is 0 Å². The van der Waals surface area contributed by atoms with Crippen LogP contribution in [0.1, 0.15) is 26.2 Å². The molecule has 0 unspecified atom stereocenters. The lowest BCUT2D eigenvalue weighted by atomic mass is 10.3. The summed E-state index contributed by atoms with van der Waals surface area (Å²) in [6.07, 6.45) is 3.43.